The van der Waals surface area contributed by atoms with Crippen LogP contribution in [-0.4, -0.2) is 10.9 Å². The average Bonchev–Trinajstić information content (AvgIpc) is 2.61. The number of primary amides is 1. The van der Waals surface area contributed by atoms with Crippen molar-refractivity contribution < 1.29 is 4.79 Å². The number of benzene rings is 1. The fourth-order valence-corrected chi connectivity index (χ4v) is 2.27. The Labute approximate surface area is 90.0 Å². The zero-order valence-corrected chi connectivity index (χ0v) is 8.49. The quantitative estimate of drug-likeness (QED) is 0.825. The highest BCUT2D eigenvalue weighted by Crippen LogP contribution is 2.26. The van der Waals surface area contributed by atoms with Crippen molar-refractivity contribution in [3.63, 3.8) is 0 Å². The molecule has 0 fully saturated rings. The first-order valence-corrected chi connectivity index (χ1v) is 5.08. The standard InChI is InChI=1S/C10H7N3OS/c11-5-6(9(12)14)10-13-7-3-1-2-4-8(7)15-10/h1-4,6H,(H2,12,14). The molecule has 0 bridgehead atoms. The number of hydrogen-bond acceptors (Lipinski definition) is 4. The van der Waals surface area contributed by atoms with E-state index in [1.165, 1.54) is 11.3 Å². The van der Waals surface area contributed by atoms with Crippen molar-refractivity contribution in [2.75, 3.05) is 0 Å². The Morgan fingerprint density at radius 1 is 1.53 bits per heavy atom. The van der Waals surface area contributed by atoms with Crippen LogP contribution in [0, 0.1) is 11.3 Å². The van der Waals surface area contributed by atoms with Gasteiger partial charge in [-0.25, -0.2) is 4.98 Å². The summed E-state index contributed by atoms with van der Waals surface area (Å²) in [4.78, 5) is 15.2. The topological polar surface area (TPSA) is 79.8 Å². The van der Waals surface area contributed by atoms with Crippen molar-refractivity contribution in [3.8, 4) is 6.07 Å². The van der Waals surface area contributed by atoms with Crippen LogP contribution in [0.1, 0.15) is 10.9 Å². The largest absolute Gasteiger partial charge is 0.368 e. The van der Waals surface area contributed by atoms with Crippen LogP contribution in [0.25, 0.3) is 10.2 Å². The Morgan fingerprint density at radius 2 is 2.27 bits per heavy atom. The summed E-state index contributed by atoms with van der Waals surface area (Å²) >= 11 is 1.32. The third-order valence-electron chi connectivity index (χ3n) is 1.97. The van der Waals surface area contributed by atoms with E-state index in [1.54, 1.807) is 0 Å². The maximum atomic E-state index is 11.0. The molecule has 2 aromatic rings. The average molecular weight is 217 g/mol. The van der Waals surface area contributed by atoms with Crippen molar-refractivity contribution in [1.29, 1.82) is 5.26 Å². The van der Waals surface area contributed by atoms with Gasteiger partial charge in [0.1, 0.15) is 5.01 Å². The van der Waals surface area contributed by atoms with Gasteiger partial charge in [0.2, 0.25) is 5.91 Å². The number of hydrogen-bond donors (Lipinski definition) is 1. The van der Waals surface area contributed by atoms with Crippen LogP contribution >= 0.6 is 11.3 Å². The van der Waals surface area contributed by atoms with Crippen molar-refractivity contribution >= 4 is 27.5 Å². The molecule has 4 nitrogen and oxygen atoms in total. The lowest BCUT2D eigenvalue weighted by Crippen LogP contribution is -2.19. The molecule has 74 valence electrons. The molecule has 0 aliphatic carbocycles. The zero-order chi connectivity index (χ0) is 10.8. The van der Waals surface area contributed by atoms with E-state index < -0.39 is 11.8 Å². The Bertz CT molecular complexity index is 522. The maximum Gasteiger partial charge on any atom is 0.241 e. The molecule has 0 spiro atoms. The molecule has 1 amide bonds. The Kier molecular flexibility index (Phi) is 2.35. The first kappa shape index (κ1) is 9.62. The third-order valence-corrected chi connectivity index (χ3v) is 3.07. The third kappa shape index (κ3) is 1.67. The van der Waals surface area contributed by atoms with Gasteiger partial charge in [0.05, 0.1) is 16.3 Å². The predicted octanol–water partition coefficient (Wildman–Crippen LogP) is 1.39. The van der Waals surface area contributed by atoms with Crippen LogP contribution < -0.4 is 5.73 Å². The van der Waals surface area contributed by atoms with Crippen molar-refractivity contribution in [2.24, 2.45) is 5.73 Å². The molecular formula is C10H7N3OS. The molecule has 2 rings (SSSR count). The highest BCUT2D eigenvalue weighted by Gasteiger charge is 2.20. The van der Waals surface area contributed by atoms with Gasteiger partial charge in [-0.1, -0.05) is 12.1 Å². The van der Waals surface area contributed by atoms with Crippen LogP contribution in [0.3, 0.4) is 0 Å². The van der Waals surface area contributed by atoms with Gasteiger partial charge in [0, 0.05) is 0 Å². The lowest BCUT2D eigenvalue weighted by atomic mass is 10.2. The summed E-state index contributed by atoms with van der Waals surface area (Å²) in [5.74, 6) is -1.60. The van der Waals surface area contributed by atoms with Gasteiger partial charge in [-0.05, 0) is 12.1 Å². The van der Waals surface area contributed by atoms with E-state index in [-0.39, 0.29) is 0 Å². The number of nitrogens with two attached hydrogens (primary N) is 1. The van der Waals surface area contributed by atoms with Gasteiger partial charge in [0.15, 0.2) is 5.92 Å². The molecule has 1 aromatic carbocycles. The van der Waals surface area contributed by atoms with Crippen LogP contribution in [-0.2, 0) is 4.79 Å². The monoisotopic (exact) mass is 217 g/mol. The number of carbonyl (C=O) groups is 1. The van der Waals surface area contributed by atoms with Gasteiger partial charge >= 0.3 is 0 Å². The number of amides is 1. The molecule has 15 heavy (non-hydrogen) atoms. The summed E-state index contributed by atoms with van der Waals surface area (Å²) in [5, 5.41) is 9.25. The molecule has 0 aliphatic heterocycles. The Morgan fingerprint density at radius 3 is 2.87 bits per heavy atom. The molecule has 1 heterocycles. The van der Waals surface area contributed by atoms with E-state index in [9.17, 15) is 4.79 Å². The maximum absolute atomic E-state index is 11.0. The van der Waals surface area contributed by atoms with E-state index >= 15 is 0 Å². The van der Waals surface area contributed by atoms with E-state index in [0.717, 1.165) is 10.2 Å². The van der Waals surface area contributed by atoms with E-state index in [1.807, 2.05) is 30.3 Å². The second-order valence-corrected chi connectivity index (χ2v) is 4.05. The number of rotatable bonds is 2. The lowest BCUT2D eigenvalue weighted by Gasteiger charge is -1.97. The zero-order valence-electron chi connectivity index (χ0n) is 7.68. The fourth-order valence-electron chi connectivity index (χ4n) is 1.25. The molecule has 0 saturated heterocycles. The minimum Gasteiger partial charge on any atom is -0.368 e. The first-order chi connectivity index (χ1) is 7.22. The molecule has 5 heteroatoms. The number of carbonyl (C=O) groups excluding carboxylic acids is 1. The Hall–Kier alpha value is -1.93. The molecule has 0 saturated carbocycles. The molecule has 1 unspecified atom stereocenters. The normalized spacial score (nSPS) is 12.2. The van der Waals surface area contributed by atoms with Crippen LogP contribution in [0.15, 0.2) is 24.3 Å². The van der Waals surface area contributed by atoms with Crippen LogP contribution in [0.5, 0.6) is 0 Å². The second-order valence-electron chi connectivity index (χ2n) is 2.98. The van der Waals surface area contributed by atoms with Crippen molar-refractivity contribution in [2.45, 2.75) is 5.92 Å². The summed E-state index contributed by atoms with van der Waals surface area (Å²) in [7, 11) is 0. The summed E-state index contributed by atoms with van der Waals surface area (Å²) in [6, 6.07) is 9.33. The number of nitriles is 1. The second kappa shape index (κ2) is 3.67. The van der Waals surface area contributed by atoms with Gasteiger partial charge in [-0.2, -0.15) is 5.26 Å². The van der Waals surface area contributed by atoms with Gasteiger partial charge < -0.3 is 5.73 Å². The smallest absolute Gasteiger partial charge is 0.241 e. The number of para-hydroxylation sites is 1. The molecule has 1 aromatic heterocycles. The van der Waals surface area contributed by atoms with Gasteiger partial charge in [-0.3, -0.25) is 4.79 Å². The van der Waals surface area contributed by atoms with Gasteiger partial charge in [0.25, 0.3) is 0 Å². The molecule has 2 N–H and O–H groups in total. The van der Waals surface area contributed by atoms with E-state index in [0.29, 0.717) is 5.01 Å². The Balaban J connectivity index is 2.53. The van der Waals surface area contributed by atoms with Gasteiger partial charge in [-0.15, -0.1) is 11.3 Å². The number of fused-ring (bicyclic) bond motifs is 1. The van der Waals surface area contributed by atoms with Crippen molar-refractivity contribution in [3.05, 3.63) is 29.3 Å². The fraction of sp³-hybridized carbons (Fsp3) is 0.100. The lowest BCUT2D eigenvalue weighted by molar-refractivity contribution is -0.118. The summed E-state index contributed by atoms with van der Waals surface area (Å²) in [6.45, 7) is 0. The highest BCUT2D eigenvalue weighted by atomic mass is 32.1. The minimum absolute atomic E-state index is 0.464. The number of thiazole rings is 1. The SMILES string of the molecule is N#CC(C(N)=O)c1nc2ccccc2s1. The summed E-state index contributed by atoms with van der Waals surface area (Å²) in [6.07, 6.45) is 0. The summed E-state index contributed by atoms with van der Waals surface area (Å²) < 4.78 is 0.953. The molecule has 0 radical (unpaired) electrons. The molecule has 0 aliphatic rings. The minimum atomic E-state index is -0.942. The van der Waals surface area contributed by atoms with E-state index in [2.05, 4.69) is 4.98 Å². The van der Waals surface area contributed by atoms with Crippen LogP contribution in [0.2, 0.25) is 0 Å². The number of nitrogens with zero attached hydrogens (tertiary/aromatic N) is 2. The molecule has 1 atom stereocenters. The highest BCUT2D eigenvalue weighted by molar-refractivity contribution is 7.18. The molecular weight excluding hydrogens is 210 g/mol. The van der Waals surface area contributed by atoms with E-state index in [4.69, 9.17) is 11.0 Å². The summed E-state index contributed by atoms with van der Waals surface area (Å²) in [5.41, 5.74) is 5.90. The first-order valence-electron chi connectivity index (χ1n) is 4.27. The van der Waals surface area contributed by atoms with Crippen molar-refractivity contribution in [1.82, 2.24) is 4.98 Å². The predicted molar refractivity (Wildman–Crippen MR) is 57.2 cm³/mol. The number of aromatic nitrogens is 1. The van der Waals surface area contributed by atoms with Crippen LogP contribution in [0.4, 0.5) is 0 Å².